The van der Waals surface area contributed by atoms with Crippen LogP contribution in [0.4, 0.5) is 0 Å². The fourth-order valence-corrected chi connectivity index (χ4v) is 2.84. The maximum Gasteiger partial charge on any atom is 0.320 e. The van der Waals surface area contributed by atoms with Gasteiger partial charge in [0.1, 0.15) is 6.04 Å². The fourth-order valence-electron chi connectivity index (χ4n) is 2.27. The number of halogens is 1. The minimum atomic E-state index is -0.985. The standard InChI is InChI=1S/C13H15BrN2O2/c1-6-3-7(2)11-8(5-9(15)13(17)18)12(14)16-10(11)4-6/h3-4,9,16H,5,15H2,1-2H3,(H,17,18). The predicted octanol–water partition coefficient (Wildman–Crippen LogP) is 2.50. The maximum atomic E-state index is 10.9. The highest BCUT2D eigenvalue weighted by atomic mass is 79.9. The van der Waals surface area contributed by atoms with Crippen molar-refractivity contribution in [2.45, 2.75) is 26.3 Å². The number of nitrogens with one attached hydrogen (secondary N) is 1. The SMILES string of the molecule is Cc1cc(C)c2c(CC(N)C(=O)O)c(Br)[nH]c2c1. The van der Waals surface area contributed by atoms with Gasteiger partial charge in [-0.2, -0.15) is 0 Å². The van der Waals surface area contributed by atoms with Crippen LogP contribution in [0.1, 0.15) is 16.7 Å². The molecule has 0 aliphatic rings. The van der Waals surface area contributed by atoms with Gasteiger partial charge in [0.25, 0.3) is 0 Å². The molecule has 0 bridgehead atoms. The lowest BCUT2D eigenvalue weighted by molar-refractivity contribution is -0.138. The molecule has 4 nitrogen and oxygen atoms in total. The molecule has 18 heavy (non-hydrogen) atoms. The fraction of sp³-hybridized carbons (Fsp3) is 0.308. The average Bonchev–Trinajstić information content (AvgIpc) is 2.54. The Hall–Kier alpha value is -1.33. The Balaban J connectivity index is 2.57. The molecule has 0 amide bonds. The van der Waals surface area contributed by atoms with Crippen molar-refractivity contribution < 1.29 is 9.90 Å². The molecule has 1 heterocycles. The molecule has 1 aromatic heterocycles. The Morgan fingerprint density at radius 1 is 1.50 bits per heavy atom. The molecule has 0 aliphatic carbocycles. The Morgan fingerprint density at radius 3 is 2.78 bits per heavy atom. The van der Waals surface area contributed by atoms with Crippen LogP contribution in [0, 0.1) is 13.8 Å². The van der Waals surface area contributed by atoms with Gasteiger partial charge in [-0.15, -0.1) is 0 Å². The molecule has 2 aromatic rings. The van der Waals surface area contributed by atoms with Crippen molar-refractivity contribution >= 4 is 32.8 Å². The Bertz CT molecular complexity index is 619. The number of benzene rings is 1. The molecule has 96 valence electrons. The van der Waals surface area contributed by atoms with E-state index in [0.717, 1.165) is 26.6 Å². The second kappa shape index (κ2) is 4.74. The zero-order chi connectivity index (χ0) is 13.4. The van der Waals surface area contributed by atoms with E-state index >= 15 is 0 Å². The molecule has 0 saturated heterocycles. The van der Waals surface area contributed by atoms with E-state index in [2.05, 4.69) is 27.0 Å². The number of hydrogen-bond donors (Lipinski definition) is 3. The number of carboxylic acids is 1. The van der Waals surface area contributed by atoms with Gasteiger partial charge in [0.2, 0.25) is 0 Å². The molecule has 2 rings (SSSR count). The molecule has 5 heteroatoms. The largest absolute Gasteiger partial charge is 0.480 e. The molecule has 1 atom stereocenters. The topological polar surface area (TPSA) is 79.1 Å². The van der Waals surface area contributed by atoms with Gasteiger partial charge in [-0.3, -0.25) is 4.79 Å². The lowest BCUT2D eigenvalue weighted by atomic mass is 10.0. The quantitative estimate of drug-likeness (QED) is 0.815. The van der Waals surface area contributed by atoms with E-state index in [0.29, 0.717) is 6.42 Å². The highest BCUT2D eigenvalue weighted by Gasteiger charge is 2.19. The van der Waals surface area contributed by atoms with Gasteiger partial charge in [0.05, 0.1) is 4.60 Å². The first-order valence-corrected chi connectivity index (χ1v) is 6.45. The number of aromatic amines is 1. The number of fused-ring (bicyclic) bond motifs is 1. The second-order valence-corrected chi connectivity index (χ2v) is 5.36. The predicted molar refractivity (Wildman–Crippen MR) is 74.8 cm³/mol. The van der Waals surface area contributed by atoms with Gasteiger partial charge in [-0.1, -0.05) is 6.07 Å². The van der Waals surface area contributed by atoms with Gasteiger partial charge in [0, 0.05) is 17.3 Å². The van der Waals surface area contributed by atoms with E-state index in [1.54, 1.807) is 0 Å². The van der Waals surface area contributed by atoms with Crippen LogP contribution in [-0.2, 0) is 11.2 Å². The second-order valence-electron chi connectivity index (χ2n) is 4.57. The number of aryl methyl sites for hydroxylation is 2. The number of aromatic nitrogens is 1. The molecule has 1 aromatic carbocycles. The van der Waals surface area contributed by atoms with E-state index in [4.69, 9.17) is 10.8 Å². The molecule has 0 spiro atoms. The van der Waals surface area contributed by atoms with Gasteiger partial charge >= 0.3 is 5.97 Å². The van der Waals surface area contributed by atoms with E-state index in [1.807, 2.05) is 19.9 Å². The first kappa shape index (κ1) is 13.1. The van der Waals surface area contributed by atoms with Gasteiger partial charge in [-0.05, 0) is 52.5 Å². The minimum Gasteiger partial charge on any atom is -0.480 e. The number of H-pyrrole nitrogens is 1. The number of carbonyl (C=O) groups is 1. The summed E-state index contributed by atoms with van der Waals surface area (Å²) < 4.78 is 0.808. The summed E-state index contributed by atoms with van der Waals surface area (Å²) in [6.45, 7) is 4.05. The smallest absolute Gasteiger partial charge is 0.320 e. The van der Waals surface area contributed by atoms with Crippen LogP contribution in [0.5, 0.6) is 0 Å². The molecular weight excluding hydrogens is 296 g/mol. The summed E-state index contributed by atoms with van der Waals surface area (Å²) in [6, 6.07) is 3.24. The molecular formula is C13H15BrN2O2. The van der Waals surface area contributed by atoms with Crippen molar-refractivity contribution in [3.05, 3.63) is 33.4 Å². The number of nitrogens with two attached hydrogens (primary N) is 1. The van der Waals surface area contributed by atoms with Crippen LogP contribution >= 0.6 is 15.9 Å². The number of aliphatic carboxylic acids is 1. The van der Waals surface area contributed by atoms with Crippen molar-refractivity contribution in [1.29, 1.82) is 0 Å². The number of rotatable bonds is 3. The van der Waals surface area contributed by atoms with Gasteiger partial charge in [0.15, 0.2) is 0 Å². The van der Waals surface area contributed by atoms with E-state index in [-0.39, 0.29) is 0 Å². The first-order valence-electron chi connectivity index (χ1n) is 5.66. The summed E-state index contributed by atoms with van der Waals surface area (Å²) in [4.78, 5) is 14.1. The van der Waals surface area contributed by atoms with Crippen LogP contribution in [0.3, 0.4) is 0 Å². The van der Waals surface area contributed by atoms with E-state index in [1.165, 1.54) is 5.56 Å². The first-order chi connectivity index (χ1) is 8.40. The van der Waals surface area contributed by atoms with Crippen LogP contribution in [-0.4, -0.2) is 22.1 Å². The molecule has 0 radical (unpaired) electrons. The third kappa shape index (κ3) is 2.28. The van der Waals surface area contributed by atoms with Crippen LogP contribution in [0.15, 0.2) is 16.7 Å². The molecule has 0 aliphatic heterocycles. The molecule has 1 unspecified atom stereocenters. The van der Waals surface area contributed by atoms with Crippen molar-refractivity contribution in [2.24, 2.45) is 5.73 Å². The van der Waals surface area contributed by atoms with E-state index in [9.17, 15) is 4.79 Å². The monoisotopic (exact) mass is 310 g/mol. The third-order valence-electron chi connectivity index (χ3n) is 3.03. The van der Waals surface area contributed by atoms with Crippen molar-refractivity contribution in [1.82, 2.24) is 4.98 Å². The zero-order valence-corrected chi connectivity index (χ0v) is 11.8. The normalized spacial score (nSPS) is 12.9. The Kier molecular flexibility index (Phi) is 3.45. The van der Waals surface area contributed by atoms with Crippen LogP contribution in [0.25, 0.3) is 10.9 Å². The Labute approximate surface area is 113 Å². The average molecular weight is 311 g/mol. The summed E-state index contributed by atoms with van der Waals surface area (Å²) >= 11 is 3.44. The summed E-state index contributed by atoms with van der Waals surface area (Å²) in [7, 11) is 0. The van der Waals surface area contributed by atoms with Gasteiger partial charge < -0.3 is 15.8 Å². The lowest BCUT2D eigenvalue weighted by Crippen LogP contribution is -2.32. The maximum absolute atomic E-state index is 10.9. The number of hydrogen-bond acceptors (Lipinski definition) is 2. The summed E-state index contributed by atoms with van der Waals surface area (Å²) in [5.74, 6) is -0.985. The molecule has 0 saturated carbocycles. The highest BCUT2D eigenvalue weighted by molar-refractivity contribution is 9.10. The number of carboxylic acid groups (broad SMARTS) is 1. The van der Waals surface area contributed by atoms with Crippen LogP contribution < -0.4 is 5.73 Å². The molecule has 4 N–H and O–H groups in total. The van der Waals surface area contributed by atoms with Crippen molar-refractivity contribution in [3.63, 3.8) is 0 Å². The van der Waals surface area contributed by atoms with Crippen molar-refractivity contribution in [3.8, 4) is 0 Å². The highest BCUT2D eigenvalue weighted by Crippen LogP contribution is 2.30. The lowest BCUT2D eigenvalue weighted by Gasteiger charge is -2.07. The summed E-state index contributed by atoms with van der Waals surface area (Å²) in [5, 5.41) is 9.97. The molecule has 0 fully saturated rings. The van der Waals surface area contributed by atoms with Crippen LogP contribution in [0.2, 0.25) is 0 Å². The third-order valence-corrected chi connectivity index (χ3v) is 3.71. The van der Waals surface area contributed by atoms with Crippen molar-refractivity contribution in [2.75, 3.05) is 0 Å². The zero-order valence-electron chi connectivity index (χ0n) is 10.2. The minimum absolute atomic E-state index is 0.305. The van der Waals surface area contributed by atoms with Gasteiger partial charge in [-0.25, -0.2) is 0 Å². The summed E-state index contributed by atoms with van der Waals surface area (Å²) in [6.07, 6.45) is 0.305. The summed E-state index contributed by atoms with van der Waals surface area (Å²) in [5.41, 5.74) is 9.84. The Morgan fingerprint density at radius 2 is 2.17 bits per heavy atom. The van der Waals surface area contributed by atoms with E-state index < -0.39 is 12.0 Å².